The maximum Gasteiger partial charge on any atom is 0.272 e. The first-order valence-corrected chi connectivity index (χ1v) is 10.4. The third-order valence-electron chi connectivity index (χ3n) is 4.90. The number of rotatable bonds is 13. The maximum absolute atomic E-state index is 12.8. The molecule has 0 aromatic carbocycles. The summed E-state index contributed by atoms with van der Waals surface area (Å²) in [4.78, 5) is 19.3. The number of hydrogen-bond donors (Lipinski definition) is 0. The predicted molar refractivity (Wildman–Crippen MR) is 107 cm³/mol. The van der Waals surface area contributed by atoms with E-state index in [0.717, 1.165) is 37.9 Å². The van der Waals surface area contributed by atoms with Crippen LogP contribution in [-0.2, 0) is 12.8 Å². The molecule has 0 fully saturated rings. The van der Waals surface area contributed by atoms with Crippen LogP contribution in [0.4, 0.5) is 0 Å². The van der Waals surface area contributed by atoms with Crippen LogP contribution in [0.5, 0.6) is 0 Å². The van der Waals surface area contributed by atoms with Crippen molar-refractivity contribution in [2.24, 2.45) is 0 Å². The average molecular weight is 347 g/mol. The molecule has 1 amide bonds. The summed E-state index contributed by atoms with van der Waals surface area (Å²) in [5.41, 5.74) is 3.12. The lowest BCUT2D eigenvalue weighted by Crippen LogP contribution is -2.32. The summed E-state index contributed by atoms with van der Waals surface area (Å²) >= 11 is 0. The molecule has 1 aromatic rings. The second kappa shape index (κ2) is 12.9. The van der Waals surface area contributed by atoms with Gasteiger partial charge in [-0.15, -0.1) is 0 Å². The van der Waals surface area contributed by atoms with Gasteiger partial charge in [-0.05, 0) is 50.7 Å². The number of nitrogens with zero attached hydrogens (tertiary/aromatic N) is 2. The fourth-order valence-electron chi connectivity index (χ4n) is 3.24. The molecule has 0 bridgehead atoms. The molecule has 0 N–H and O–H groups in total. The minimum Gasteiger partial charge on any atom is -0.338 e. The van der Waals surface area contributed by atoms with Crippen molar-refractivity contribution in [1.82, 2.24) is 9.88 Å². The van der Waals surface area contributed by atoms with E-state index in [0.29, 0.717) is 5.69 Å². The third-order valence-corrected chi connectivity index (χ3v) is 4.90. The van der Waals surface area contributed by atoms with E-state index in [1.165, 1.54) is 50.5 Å². The van der Waals surface area contributed by atoms with Gasteiger partial charge >= 0.3 is 0 Å². The molecular formula is C22H38N2O. The number of hydrogen-bond acceptors (Lipinski definition) is 2. The largest absolute Gasteiger partial charge is 0.338 e. The van der Waals surface area contributed by atoms with Crippen LogP contribution < -0.4 is 0 Å². The number of pyridine rings is 1. The lowest BCUT2D eigenvalue weighted by Gasteiger charge is -2.20. The Balaban J connectivity index is 2.87. The molecule has 0 unspecified atom stereocenters. The minimum atomic E-state index is 0.0908. The first-order chi connectivity index (χ1) is 12.2. The standard InChI is InChI=1S/C22H38N2O/c1-5-9-11-13-15-19-17-20(16-14-12-10-6-2)21(23-18-19)22(25)24(7-3)8-4/h17-18H,5-16H2,1-4H3. The van der Waals surface area contributed by atoms with Gasteiger partial charge in [0, 0.05) is 19.3 Å². The second-order valence-electron chi connectivity index (χ2n) is 6.95. The van der Waals surface area contributed by atoms with Crippen LogP contribution in [0.1, 0.15) is 101 Å². The summed E-state index contributed by atoms with van der Waals surface area (Å²) < 4.78 is 0. The number of amides is 1. The van der Waals surface area contributed by atoms with E-state index in [2.05, 4.69) is 24.9 Å². The molecule has 0 aliphatic carbocycles. The molecule has 25 heavy (non-hydrogen) atoms. The zero-order chi connectivity index (χ0) is 18.5. The summed E-state index contributed by atoms with van der Waals surface area (Å²) in [7, 11) is 0. The monoisotopic (exact) mass is 346 g/mol. The fourth-order valence-corrected chi connectivity index (χ4v) is 3.24. The Labute approximate surface area is 155 Å². The molecule has 3 nitrogen and oxygen atoms in total. The fraction of sp³-hybridized carbons (Fsp3) is 0.727. The van der Waals surface area contributed by atoms with Crippen molar-refractivity contribution in [3.8, 4) is 0 Å². The molecular weight excluding hydrogens is 308 g/mol. The highest BCUT2D eigenvalue weighted by atomic mass is 16.2. The van der Waals surface area contributed by atoms with Crippen molar-refractivity contribution >= 4 is 5.91 Å². The van der Waals surface area contributed by atoms with E-state index in [1.54, 1.807) is 0 Å². The number of aromatic nitrogens is 1. The molecule has 0 saturated carbocycles. The van der Waals surface area contributed by atoms with Crippen molar-refractivity contribution in [3.05, 3.63) is 29.1 Å². The van der Waals surface area contributed by atoms with Gasteiger partial charge < -0.3 is 4.90 Å². The Hall–Kier alpha value is -1.38. The highest BCUT2D eigenvalue weighted by Crippen LogP contribution is 2.17. The van der Waals surface area contributed by atoms with Gasteiger partial charge in [-0.25, -0.2) is 0 Å². The summed E-state index contributed by atoms with van der Waals surface area (Å²) in [6.07, 6.45) is 13.9. The van der Waals surface area contributed by atoms with Crippen LogP contribution in [0.15, 0.2) is 12.3 Å². The van der Waals surface area contributed by atoms with E-state index in [-0.39, 0.29) is 5.91 Å². The molecule has 0 atom stereocenters. The van der Waals surface area contributed by atoms with E-state index in [4.69, 9.17) is 0 Å². The number of carbonyl (C=O) groups excluding carboxylic acids is 1. The van der Waals surface area contributed by atoms with Crippen LogP contribution in [-0.4, -0.2) is 28.9 Å². The van der Waals surface area contributed by atoms with Crippen molar-refractivity contribution in [1.29, 1.82) is 0 Å². The lowest BCUT2D eigenvalue weighted by molar-refractivity contribution is 0.0766. The average Bonchev–Trinajstić information content (AvgIpc) is 2.63. The molecule has 0 aliphatic rings. The molecule has 1 aromatic heterocycles. The predicted octanol–water partition coefficient (Wildman–Crippen LogP) is 5.81. The topological polar surface area (TPSA) is 33.2 Å². The number of aryl methyl sites for hydroxylation is 2. The van der Waals surface area contributed by atoms with Gasteiger partial charge in [0.2, 0.25) is 0 Å². The van der Waals surface area contributed by atoms with Crippen LogP contribution in [0.2, 0.25) is 0 Å². The second-order valence-corrected chi connectivity index (χ2v) is 6.95. The van der Waals surface area contributed by atoms with Gasteiger partial charge in [0.05, 0.1) is 0 Å². The molecule has 0 saturated heterocycles. The van der Waals surface area contributed by atoms with Crippen LogP contribution in [0.3, 0.4) is 0 Å². The third kappa shape index (κ3) is 7.58. The van der Waals surface area contributed by atoms with Crippen molar-refractivity contribution in [2.45, 2.75) is 91.9 Å². The SMILES string of the molecule is CCCCCCc1cnc(C(=O)N(CC)CC)c(CCCCCC)c1. The Morgan fingerprint density at radius 3 is 2.04 bits per heavy atom. The lowest BCUT2D eigenvalue weighted by atomic mass is 10.00. The molecule has 0 radical (unpaired) electrons. The van der Waals surface area contributed by atoms with Crippen molar-refractivity contribution in [3.63, 3.8) is 0 Å². The molecule has 0 aliphatic heterocycles. The highest BCUT2D eigenvalue weighted by molar-refractivity contribution is 5.93. The van der Waals surface area contributed by atoms with Gasteiger partial charge in [0.15, 0.2) is 0 Å². The highest BCUT2D eigenvalue weighted by Gasteiger charge is 2.18. The van der Waals surface area contributed by atoms with Crippen molar-refractivity contribution < 1.29 is 4.79 Å². The molecule has 3 heteroatoms. The smallest absolute Gasteiger partial charge is 0.272 e. The van der Waals surface area contributed by atoms with E-state index in [9.17, 15) is 4.79 Å². The zero-order valence-corrected chi connectivity index (χ0v) is 16.9. The van der Waals surface area contributed by atoms with E-state index in [1.807, 2.05) is 24.9 Å². The van der Waals surface area contributed by atoms with Gasteiger partial charge in [-0.2, -0.15) is 0 Å². The zero-order valence-electron chi connectivity index (χ0n) is 16.9. The Morgan fingerprint density at radius 2 is 1.48 bits per heavy atom. The van der Waals surface area contributed by atoms with Gasteiger partial charge in [-0.1, -0.05) is 58.4 Å². The Bertz CT molecular complexity index is 495. The van der Waals surface area contributed by atoms with Gasteiger partial charge in [-0.3, -0.25) is 9.78 Å². The number of carbonyl (C=O) groups is 1. The first-order valence-electron chi connectivity index (χ1n) is 10.4. The summed E-state index contributed by atoms with van der Waals surface area (Å²) in [6.45, 7) is 10.0. The summed E-state index contributed by atoms with van der Waals surface area (Å²) in [5.74, 6) is 0.0908. The Kier molecular flexibility index (Phi) is 11.2. The minimum absolute atomic E-state index is 0.0908. The normalized spacial score (nSPS) is 10.9. The van der Waals surface area contributed by atoms with Crippen LogP contribution in [0, 0.1) is 0 Å². The van der Waals surface area contributed by atoms with E-state index >= 15 is 0 Å². The van der Waals surface area contributed by atoms with Crippen LogP contribution in [0.25, 0.3) is 0 Å². The molecule has 142 valence electrons. The molecule has 1 rings (SSSR count). The number of unbranched alkanes of at least 4 members (excludes halogenated alkanes) is 6. The maximum atomic E-state index is 12.8. The molecule has 0 spiro atoms. The Morgan fingerprint density at radius 1 is 0.880 bits per heavy atom. The van der Waals surface area contributed by atoms with Gasteiger partial charge in [0.25, 0.3) is 5.91 Å². The van der Waals surface area contributed by atoms with E-state index < -0.39 is 0 Å². The van der Waals surface area contributed by atoms with Crippen molar-refractivity contribution in [2.75, 3.05) is 13.1 Å². The molecule has 1 heterocycles. The quantitative estimate of drug-likeness (QED) is 0.422. The first kappa shape index (κ1) is 21.7. The van der Waals surface area contributed by atoms with Gasteiger partial charge in [0.1, 0.15) is 5.69 Å². The summed E-state index contributed by atoms with van der Waals surface area (Å²) in [5, 5.41) is 0. The van der Waals surface area contributed by atoms with Crippen LogP contribution >= 0.6 is 0 Å². The summed E-state index contributed by atoms with van der Waals surface area (Å²) in [6, 6.07) is 2.25.